The van der Waals surface area contributed by atoms with Crippen LogP contribution in [0, 0.1) is 0 Å². The predicted molar refractivity (Wildman–Crippen MR) is 70.6 cm³/mol. The van der Waals surface area contributed by atoms with Crippen LogP contribution in [-0.2, 0) is 0 Å². The number of hydrogen-bond donors (Lipinski definition) is 1. The Balaban J connectivity index is 2.58. The van der Waals surface area contributed by atoms with Crippen LogP contribution < -0.4 is 15.2 Å². The number of rotatable bonds is 3. The molecule has 0 atom stereocenters. The van der Waals surface area contributed by atoms with Crippen LogP contribution in [0.25, 0.3) is 10.6 Å². The first-order chi connectivity index (χ1) is 8.17. The van der Waals surface area contributed by atoms with Crippen LogP contribution >= 0.6 is 27.3 Å². The normalized spacial score (nSPS) is 10.3. The maximum absolute atomic E-state index is 5.57. The average Bonchev–Trinajstić information content (AvgIpc) is 2.75. The molecule has 0 bridgehead atoms. The number of methoxy groups -OCH3 is 2. The number of hydrogen-bond acceptors (Lipinski definition) is 6. The maximum atomic E-state index is 5.57. The van der Waals surface area contributed by atoms with E-state index in [2.05, 4.69) is 26.1 Å². The van der Waals surface area contributed by atoms with Gasteiger partial charge in [0, 0.05) is 0 Å². The lowest BCUT2D eigenvalue weighted by molar-refractivity contribution is 0.390. The number of nitrogens with zero attached hydrogens (tertiary/aromatic N) is 2. The van der Waals surface area contributed by atoms with Gasteiger partial charge in [0.2, 0.25) is 5.13 Å². The van der Waals surface area contributed by atoms with Crippen molar-refractivity contribution in [3.8, 4) is 22.1 Å². The lowest BCUT2D eigenvalue weighted by Gasteiger charge is -2.11. The molecule has 1 aromatic heterocycles. The van der Waals surface area contributed by atoms with Gasteiger partial charge in [0.1, 0.15) is 16.0 Å². The van der Waals surface area contributed by atoms with Crippen LogP contribution in [0.5, 0.6) is 11.5 Å². The van der Waals surface area contributed by atoms with Crippen molar-refractivity contribution in [3.05, 3.63) is 16.6 Å². The summed E-state index contributed by atoms with van der Waals surface area (Å²) in [6.07, 6.45) is 0. The SMILES string of the molecule is COc1ccc(-c2nnc(N)s2)c(OC)c1Br. The van der Waals surface area contributed by atoms with Crippen molar-refractivity contribution in [2.45, 2.75) is 0 Å². The van der Waals surface area contributed by atoms with Crippen molar-refractivity contribution in [2.75, 3.05) is 20.0 Å². The standard InChI is InChI=1S/C10H10BrN3O2S/c1-15-6-4-3-5(8(16-2)7(6)11)9-13-14-10(12)17-9/h3-4H,1-2H3,(H2,12,14). The van der Waals surface area contributed by atoms with Crippen LogP contribution in [0.1, 0.15) is 0 Å². The molecule has 5 nitrogen and oxygen atoms in total. The average molecular weight is 316 g/mol. The molecule has 0 aliphatic rings. The van der Waals surface area contributed by atoms with Gasteiger partial charge in [-0.05, 0) is 28.1 Å². The number of nitrogen functional groups attached to an aromatic ring is 1. The molecular formula is C10H10BrN3O2S. The van der Waals surface area contributed by atoms with Gasteiger partial charge in [-0.25, -0.2) is 0 Å². The van der Waals surface area contributed by atoms with E-state index in [1.807, 2.05) is 12.1 Å². The molecule has 0 aliphatic heterocycles. The van der Waals surface area contributed by atoms with E-state index >= 15 is 0 Å². The van der Waals surface area contributed by atoms with Crippen LogP contribution in [0.2, 0.25) is 0 Å². The predicted octanol–water partition coefficient (Wildman–Crippen LogP) is 2.57. The summed E-state index contributed by atoms with van der Waals surface area (Å²) in [5, 5.41) is 8.91. The minimum absolute atomic E-state index is 0.425. The van der Waals surface area contributed by atoms with E-state index in [-0.39, 0.29) is 0 Å². The highest BCUT2D eigenvalue weighted by molar-refractivity contribution is 9.10. The van der Waals surface area contributed by atoms with Gasteiger partial charge >= 0.3 is 0 Å². The molecule has 7 heteroatoms. The lowest BCUT2D eigenvalue weighted by atomic mass is 10.2. The molecule has 1 heterocycles. The van der Waals surface area contributed by atoms with E-state index in [0.717, 1.165) is 10.0 Å². The zero-order chi connectivity index (χ0) is 12.4. The Morgan fingerprint density at radius 3 is 2.53 bits per heavy atom. The third-order valence-electron chi connectivity index (χ3n) is 2.16. The maximum Gasteiger partial charge on any atom is 0.203 e. The Bertz CT molecular complexity index is 544. The molecule has 0 unspecified atom stereocenters. The molecule has 1 aromatic carbocycles. The zero-order valence-electron chi connectivity index (χ0n) is 9.23. The van der Waals surface area contributed by atoms with Crippen molar-refractivity contribution in [3.63, 3.8) is 0 Å². The summed E-state index contributed by atoms with van der Waals surface area (Å²) in [5.74, 6) is 1.35. The van der Waals surface area contributed by atoms with Crippen molar-refractivity contribution < 1.29 is 9.47 Å². The second-order valence-electron chi connectivity index (χ2n) is 3.11. The monoisotopic (exact) mass is 315 g/mol. The number of anilines is 1. The Morgan fingerprint density at radius 1 is 1.24 bits per heavy atom. The minimum Gasteiger partial charge on any atom is -0.495 e. The molecule has 0 amide bonds. The largest absolute Gasteiger partial charge is 0.495 e. The smallest absolute Gasteiger partial charge is 0.203 e. The van der Waals surface area contributed by atoms with E-state index in [9.17, 15) is 0 Å². The third kappa shape index (κ3) is 2.20. The second-order valence-corrected chi connectivity index (χ2v) is 4.91. The fourth-order valence-corrected chi connectivity index (χ4v) is 2.71. The summed E-state index contributed by atoms with van der Waals surface area (Å²) in [5.41, 5.74) is 6.40. The number of halogens is 1. The highest BCUT2D eigenvalue weighted by Crippen LogP contribution is 2.42. The molecular weight excluding hydrogens is 306 g/mol. The molecule has 2 aromatic rings. The first-order valence-electron chi connectivity index (χ1n) is 4.67. The molecule has 90 valence electrons. The number of benzene rings is 1. The highest BCUT2D eigenvalue weighted by atomic mass is 79.9. The van der Waals surface area contributed by atoms with Gasteiger partial charge in [0.25, 0.3) is 0 Å². The minimum atomic E-state index is 0.425. The molecule has 0 fully saturated rings. The Hall–Kier alpha value is -1.34. The van der Waals surface area contributed by atoms with Crippen molar-refractivity contribution in [2.24, 2.45) is 0 Å². The summed E-state index contributed by atoms with van der Waals surface area (Å²) in [4.78, 5) is 0. The molecule has 0 saturated carbocycles. The Kier molecular flexibility index (Phi) is 3.49. The van der Waals surface area contributed by atoms with E-state index in [1.54, 1.807) is 14.2 Å². The van der Waals surface area contributed by atoms with Crippen molar-refractivity contribution >= 4 is 32.4 Å². The molecule has 0 spiro atoms. The molecule has 17 heavy (non-hydrogen) atoms. The van der Waals surface area contributed by atoms with Gasteiger partial charge in [0.15, 0.2) is 5.01 Å². The summed E-state index contributed by atoms with van der Waals surface area (Å²) >= 11 is 4.74. The highest BCUT2D eigenvalue weighted by Gasteiger charge is 2.16. The van der Waals surface area contributed by atoms with E-state index < -0.39 is 0 Å². The summed E-state index contributed by atoms with van der Waals surface area (Å²) in [7, 11) is 3.19. The Morgan fingerprint density at radius 2 is 2.00 bits per heavy atom. The molecule has 2 N–H and O–H groups in total. The fraction of sp³-hybridized carbons (Fsp3) is 0.200. The lowest BCUT2D eigenvalue weighted by Crippen LogP contribution is -1.92. The zero-order valence-corrected chi connectivity index (χ0v) is 11.6. The number of aromatic nitrogens is 2. The van der Waals surface area contributed by atoms with Crippen LogP contribution in [-0.4, -0.2) is 24.4 Å². The third-order valence-corrected chi connectivity index (χ3v) is 3.69. The van der Waals surface area contributed by atoms with Crippen LogP contribution in [0.15, 0.2) is 16.6 Å². The number of nitrogens with two attached hydrogens (primary N) is 1. The Labute approximate surface area is 111 Å². The van der Waals surface area contributed by atoms with Crippen molar-refractivity contribution in [1.82, 2.24) is 10.2 Å². The van der Waals surface area contributed by atoms with Gasteiger partial charge in [-0.2, -0.15) is 0 Å². The second kappa shape index (κ2) is 4.89. The van der Waals surface area contributed by atoms with Crippen LogP contribution in [0.3, 0.4) is 0 Å². The van der Waals surface area contributed by atoms with Gasteiger partial charge in [-0.15, -0.1) is 10.2 Å². The van der Waals surface area contributed by atoms with Gasteiger partial charge in [0.05, 0.1) is 19.8 Å². The van der Waals surface area contributed by atoms with Gasteiger partial charge in [-0.3, -0.25) is 0 Å². The molecule has 0 saturated heterocycles. The summed E-state index contributed by atoms with van der Waals surface area (Å²) in [6.45, 7) is 0. The topological polar surface area (TPSA) is 70.3 Å². The fourth-order valence-electron chi connectivity index (χ4n) is 1.41. The van der Waals surface area contributed by atoms with E-state index in [4.69, 9.17) is 15.2 Å². The summed E-state index contributed by atoms with van der Waals surface area (Å²) in [6, 6.07) is 3.70. The molecule has 0 aliphatic carbocycles. The first kappa shape index (κ1) is 12.1. The van der Waals surface area contributed by atoms with E-state index in [1.165, 1.54) is 11.3 Å². The first-order valence-corrected chi connectivity index (χ1v) is 6.28. The van der Waals surface area contributed by atoms with Gasteiger partial charge in [-0.1, -0.05) is 11.3 Å². The quantitative estimate of drug-likeness (QED) is 0.942. The molecule has 2 rings (SSSR count). The van der Waals surface area contributed by atoms with Crippen LogP contribution in [0.4, 0.5) is 5.13 Å². The molecule has 0 radical (unpaired) electrons. The van der Waals surface area contributed by atoms with Gasteiger partial charge < -0.3 is 15.2 Å². The van der Waals surface area contributed by atoms with E-state index in [0.29, 0.717) is 21.6 Å². The summed E-state index contributed by atoms with van der Waals surface area (Å²) < 4.78 is 11.3. The number of ether oxygens (including phenoxy) is 2. The van der Waals surface area contributed by atoms with Crippen molar-refractivity contribution in [1.29, 1.82) is 0 Å².